The van der Waals surface area contributed by atoms with E-state index in [1.54, 1.807) is 0 Å². The Labute approximate surface area is 125 Å². The number of nitrogens with two attached hydrogens (primary N) is 1. The number of amides is 2. The van der Waals surface area contributed by atoms with Gasteiger partial charge in [0.2, 0.25) is 11.8 Å². The quantitative estimate of drug-likeness (QED) is 0.639. The fourth-order valence-corrected chi connectivity index (χ4v) is 2.50. The Balaban J connectivity index is 1.79. The molecule has 0 aliphatic carbocycles. The number of piperidine rings is 1. The molecule has 21 heavy (non-hydrogen) atoms. The number of ether oxygens (including phenoxy) is 1. The number of imide groups is 1. The van der Waals surface area contributed by atoms with Crippen molar-refractivity contribution in [3.8, 4) is 5.75 Å². The molecule has 114 valence electrons. The van der Waals surface area contributed by atoms with Gasteiger partial charge >= 0.3 is 0 Å². The van der Waals surface area contributed by atoms with E-state index in [9.17, 15) is 9.59 Å². The summed E-state index contributed by atoms with van der Waals surface area (Å²) < 4.78 is 5.68. The molecule has 0 radical (unpaired) electrons. The third-order valence-corrected chi connectivity index (χ3v) is 3.62. The second kappa shape index (κ2) is 7.22. The highest BCUT2D eigenvalue weighted by Crippen LogP contribution is 2.20. The van der Waals surface area contributed by atoms with Crippen LogP contribution in [0.2, 0.25) is 0 Å². The van der Waals surface area contributed by atoms with Gasteiger partial charge in [0.15, 0.2) is 0 Å². The van der Waals surface area contributed by atoms with Gasteiger partial charge in [0.25, 0.3) is 0 Å². The Morgan fingerprint density at radius 2 is 1.90 bits per heavy atom. The zero-order valence-electron chi connectivity index (χ0n) is 12.4. The SMILES string of the molecule is CC1CC(=O)N(CCCOc2ccccc2CN)C(=O)C1. The minimum absolute atomic E-state index is 0.0684. The molecule has 5 heteroatoms. The average molecular weight is 290 g/mol. The average Bonchev–Trinajstić information content (AvgIpc) is 2.45. The zero-order valence-corrected chi connectivity index (χ0v) is 12.4. The van der Waals surface area contributed by atoms with Crippen molar-refractivity contribution in [1.82, 2.24) is 4.90 Å². The van der Waals surface area contributed by atoms with E-state index in [1.165, 1.54) is 4.90 Å². The molecule has 0 spiro atoms. The summed E-state index contributed by atoms with van der Waals surface area (Å²) in [7, 11) is 0. The minimum atomic E-state index is -0.0684. The van der Waals surface area contributed by atoms with Crippen molar-refractivity contribution < 1.29 is 14.3 Å². The molecule has 1 heterocycles. The number of hydrogen-bond donors (Lipinski definition) is 1. The van der Waals surface area contributed by atoms with Crippen molar-refractivity contribution in [3.05, 3.63) is 29.8 Å². The summed E-state index contributed by atoms with van der Waals surface area (Å²) in [6, 6.07) is 7.62. The lowest BCUT2D eigenvalue weighted by Crippen LogP contribution is -2.43. The molecule has 2 N–H and O–H groups in total. The fraction of sp³-hybridized carbons (Fsp3) is 0.500. The van der Waals surface area contributed by atoms with Crippen LogP contribution in [0.25, 0.3) is 0 Å². The number of nitrogens with zero attached hydrogens (tertiary/aromatic N) is 1. The number of rotatable bonds is 6. The first-order valence-electron chi connectivity index (χ1n) is 7.35. The molecule has 2 rings (SSSR count). The number of benzene rings is 1. The van der Waals surface area contributed by atoms with Crippen LogP contribution in [0.5, 0.6) is 5.75 Å². The fourth-order valence-electron chi connectivity index (χ4n) is 2.50. The number of para-hydroxylation sites is 1. The van der Waals surface area contributed by atoms with E-state index in [-0.39, 0.29) is 17.7 Å². The molecule has 1 aromatic rings. The number of likely N-dealkylation sites (tertiary alicyclic amines) is 1. The summed E-state index contributed by atoms with van der Waals surface area (Å²) in [4.78, 5) is 25.0. The van der Waals surface area contributed by atoms with E-state index in [1.807, 2.05) is 31.2 Å². The van der Waals surface area contributed by atoms with Crippen LogP contribution in [0.1, 0.15) is 31.7 Å². The van der Waals surface area contributed by atoms with Gasteiger partial charge in [0.1, 0.15) is 5.75 Å². The number of carbonyl (C=O) groups excluding carboxylic acids is 2. The van der Waals surface area contributed by atoms with Gasteiger partial charge in [-0.2, -0.15) is 0 Å². The zero-order chi connectivity index (χ0) is 15.2. The van der Waals surface area contributed by atoms with Crippen LogP contribution < -0.4 is 10.5 Å². The largest absolute Gasteiger partial charge is 0.493 e. The number of hydrogen-bond acceptors (Lipinski definition) is 4. The third-order valence-electron chi connectivity index (χ3n) is 3.62. The highest BCUT2D eigenvalue weighted by atomic mass is 16.5. The third kappa shape index (κ3) is 4.04. The first-order valence-corrected chi connectivity index (χ1v) is 7.35. The Kier molecular flexibility index (Phi) is 5.33. The molecule has 0 saturated carbocycles. The van der Waals surface area contributed by atoms with E-state index in [0.717, 1.165) is 11.3 Å². The maximum Gasteiger partial charge on any atom is 0.229 e. The van der Waals surface area contributed by atoms with Gasteiger partial charge in [-0.15, -0.1) is 0 Å². The van der Waals surface area contributed by atoms with Gasteiger partial charge in [-0.25, -0.2) is 0 Å². The summed E-state index contributed by atoms with van der Waals surface area (Å²) in [5.74, 6) is 0.793. The van der Waals surface area contributed by atoms with Crippen LogP contribution in [0.3, 0.4) is 0 Å². The van der Waals surface area contributed by atoms with Crippen LogP contribution in [-0.2, 0) is 16.1 Å². The molecule has 0 atom stereocenters. The molecule has 0 bridgehead atoms. The predicted octanol–water partition coefficient (Wildman–Crippen LogP) is 1.70. The predicted molar refractivity (Wildman–Crippen MR) is 79.6 cm³/mol. The Bertz CT molecular complexity index is 498. The summed E-state index contributed by atoms with van der Waals surface area (Å²) in [6.07, 6.45) is 1.55. The lowest BCUT2D eigenvalue weighted by atomic mass is 9.98. The van der Waals surface area contributed by atoms with Gasteiger partial charge in [0, 0.05) is 31.5 Å². The van der Waals surface area contributed by atoms with E-state index in [4.69, 9.17) is 10.5 Å². The van der Waals surface area contributed by atoms with Crippen molar-refractivity contribution in [1.29, 1.82) is 0 Å². The van der Waals surface area contributed by atoms with Crippen molar-refractivity contribution in [2.45, 2.75) is 32.7 Å². The molecular formula is C16H22N2O3. The van der Waals surface area contributed by atoms with E-state index in [0.29, 0.717) is 39.0 Å². The minimum Gasteiger partial charge on any atom is -0.493 e. The summed E-state index contributed by atoms with van der Waals surface area (Å²) in [5.41, 5.74) is 6.60. The Morgan fingerprint density at radius 3 is 2.57 bits per heavy atom. The highest BCUT2D eigenvalue weighted by molar-refractivity contribution is 5.97. The molecule has 1 aromatic carbocycles. The topological polar surface area (TPSA) is 72.6 Å². The van der Waals surface area contributed by atoms with Gasteiger partial charge in [-0.1, -0.05) is 25.1 Å². The van der Waals surface area contributed by atoms with Crippen LogP contribution in [-0.4, -0.2) is 29.9 Å². The van der Waals surface area contributed by atoms with Gasteiger partial charge in [-0.3, -0.25) is 14.5 Å². The summed E-state index contributed by atoms with van der Waals surface area (Å²) in [6.45, 7) is 3.25. The highest BCUT2D eigenvalue weighted by Gasteiger charge is 2.29. The molecular weight excluding hydrogens is 268 g/mol. The molecule has 0 unspecified atom stereocenters. The normalized spacial score (nSPS) is 16.4. The molecule has 1 aliphatic rings. The van der Waals surface area contributed by atoms with E-state index < -0.39 is 0 Å². The van der Waals surface area contributed by atoms with Gasteiger partial charge in [0.05, 0.1) is 6.61 Å². The molecule has 5 nitrogen and oxygen atoms in total. The lowest BCUT2D eigenvalue weighted by molar-refractivity contribution is -0.149. The maximum absolute atomic E-state index is 11.8. The Hall–Kier alpha value is -1.88. The van der Waals surface area contributed by atoms with Crippen molar-refractivity contribution in [2.24, 2.45) is 11.7 Å². The second-order valence-electron chi connectivity index (χ2n) is 5.47. The van der Waals surface area contributed by atoms with Crippen LogP contribution >= 0.6 is 0 Å². The van der Waals surface area contributed by atoms with Crippen molar-refractivity contribution in [2.75, 3.05) is 13.2 Å². The Morgan fingerprint density at radius 1 is 1.24 bits per heavy atom. The maximum atomic E-state index is 11.8. The van der Waals surface area contributed by atoms with E-state index in [2.05, 4.69) is 0 Å². The monoisotopic (exact) mass is 290 g/mol. The summed E-state index contributed by atoms with van der Waals surface area (Å²) >= 11 is 0. The molecule has 2 amide bonds. The second-order valence-corrected chi connectivity index (χ2v) is 5.47. The van der Waals surface area contributed by atoms with Gasteiger partial charge < -0.3 is 10.5 Å². The summed E-state index contributed by atoms with van der Waals surface area (Å²) in [5, 5.41) is 0. The first-order chi connectivity index (χ1) is 10.1. The lowest BCUT2D eigenvalue weighted by Gasteiger charge is -2.28. The van der Waals surface area contributed by atoms with Crippen LogP contribution in [0.4, 0.5) is 0 Å². The van der Waals surface area contributed by atoms with Gasteiger partial charge in [-0.05, 0) is 18.4 Å². The van der Waals surface area contributed by atoms with E-state index >= 15 is 0 Å². The molecule has 1 aliphatic heterocycles. The van der Waals surface area contributed by atoms with Crippen LogP contribution in [0, 0.1) is 5.92 Å². The first kappa shape index (κ1) is 15.5. The van der Waals surface area contributed by atoms with Crippen LogP contribution in [0.15, 0.2) is 24.3 Å². The molecule has 1 saturated heterocycles. The molecule has 1 fully saturated rings. The standard InChI is InChI=1S/C16H22N2O3/c1-12-9-15(19)18(16(20)10-12)7-4-8-21-14-6-3-2-5-13(14)11-17/h2-3,5-6,12H,4,7-11,17H2,1H3. The molecule has 0 aromatic heterocycles. The number of carbonyl (C=O) groups is 2. The van der Waals surface area contributed by atoms with Crippen molar-refractivity contribution >= 4 is 11.8 Å². The van der Waals surface area contributed by atoms with Crippen molar-refractivity contribution in [3.63, 3.8) is 0 Å². The smallest absolute Gasteiger partial charge is 0.229 e.